The summed E-state index contributed by atoms with van der Waals surface area (Å²) in [5.41, 5.74) is 1.49. The lowest BCUT2D eigenvalue weighted by molar-refractivity contribution is -0.113. The Bertz CT molecular complexity index is 1070. The predicted molar refractivity (Wildman–Crippen MR) is 114 cm³/mol. The Labute approximate surface area is 177 Å². The molecule has 0 saturated heterocycles. The second-order valence-electron chi connectivity index (χ2n) is 6.22. The topological polar surface area (TPSA) is 114 Å². The molecule has 0 atom stereocenters. The van der Waals surface area contributed by atoms with Crippen LogP contribution in [0.1, 0.15) is 23.7 Å². The Morgan fingerprint density at radius 1 is 1.07 bits per heavy atom. The molecule has 3 aromatic rings. The third-order valence-corrected chi connectivity index (χ3v) is 4.77. The zero-order valence-electron chi connectivity index (χ0n) is 16.3. The summed E-state index contributed by atoms with van der Waals surface area (Å²) in [7, 11) is 0. The largest absolute Gasteiger partial charge is 0.462 e. The molecule has 1 amide bonds. The Kier molecular flexibility index (Phi) is 7.34. The molecule has 0 spiro atoms. The van der Waals surface area contributed by atoms with Gasteiger partial charge in [-0.15, -0.1) is 10.2 Å². The van der Waals surface area contributed by atoms with E-state index < -0.39 is 5.97 Å². The number of carbonyl (C=O) groups excluding carboxylic acids is 2. The molecule has 30 heavy (non-hydrogen) atoms. The van der Waals surface area contributed by atoms with Crippen LogP contribution in [0.5, 0.6) is 0 Å². The van der Waals surface area contributed by atoms with Crippen molar-refractivity contribution in [3.63, 3.8) is 0 Å². The molecule has 0 aliphatic rings. The number of nitrogens with zero attached hydrogens (tertiary/aromatic N) is 2. The molecule has 3 rings (SSSR count). The van der Waals surface area contributed by atoms with Crippen molar-refractivity contribution in [1.82, 2.24) is 15.2 Å². The first kappa shape index (κ1) is 21.3. The molecule has 1 aromatic heterocycles. The van der Waals surface area contributed by atoms with E-state index in [1.165, 1.54) is 0 Å². The minimum Gasteiger partial charge on any atom is -0.462 e. The van der Waals surface area contributed by atoms with Crippen LogP contribution in [0.2, 0.25) is 0 Å². The number of benzene rings is 2. The number of nitrogens with one attached hydrogen (secondary N) is 2. The minimum absolute atomic E-state index is 0.0373. The zero-order chi connectivity index (χ0) is 21.3. The van der Waals surface area contributed by atoms with E-state index in [-0.39, 0.29) is 28.1 Å². The highest BCUT2D eigenvalue weighted by Gasteiger charge is 2.11. The van der Waals surface area contributed by atoms with E-state index in [2.05, 4.69) is 20.5 Å². The Hall–Kier alpha value is -3.46. The average Bonchev–Trinajstić information content (AvgIpc) is 2.77. The number of carbonyl (C=O) groups is 2. The van der Waals surface area contributed by atoms with E-state index in [0.717, 1.165) is 18.2 Å². The summed E-state index contributed by atoms with van der Waals surface area (Å²) in [5.74, 6) is -0.641. The van der Waals surface area contributed by atoms with Crippen molar-refractivity contribution >= 4 is 29.3 Å². The van der Waals surface area contributed by atoms with Crippen LogP contribution in [0, 0.1) is 0 Å². The number of hydrogen-bond acceptors (Lipinski definition) is 7. The monoisotopic (exact) mass is 424 g/mol. The SMILES string of the molecule is CCCOC(=O)c1ccc(NC(=O)CSc2nnc(-c3ccccc3)c(=O)[nH]2)cc1. The number of hydrogen-bond donors (Lipinski definition) is 2. The molecular formula is C21H20N4O4S. The van der Waals surface area contributed by atoms with Crippen molar-refractivity contribution < 1.29 is 14.3 Å². The summed E-state index contributed by atoms with van der Waals surface area (Å²) in [6.45, 7) is 2.29. The first-order valence-electron chi connectivity index (χ1n) is 9.29. The third kappa shape index (κ3) is 5.77. The number of aromatic nitrogens is 3. The van der Waals surface area contributed by atoms with Gasteiger partial charge in [0, 0.05) is 11.3 Å². The van der Waals surface area contributed by atoms with Crippen molar-refractivity contribution in [3.05, 3.63) is 70.5 Å². The minimum atomic E-state index is -0.397. The van der Waals surface area contributed by atoms with Crippen LogP contribution in [0.3, 0.4) is 0 Å². The van der Waals surface area contributed by atoms with Crippen LogP contribution in [-0.2, 0) is 9.53 Å². The van der Waals surface area contributed by atoms with Gasteiger partial charge < -0.3 is 10.1 Å². The van der Waals surface area contributed by atoms with Crippen molar-refractivity contribution in [3.8, 4) is 11.3 Å². The van der Waals surface area contributed by atoms with Crippen LogP contribution in [0.25, 0.3) is 11.3 Å². The first-order chi connectivity index (χ1) is 14.6. The normalized spacial score (nSPS) is 10.4. The number of H-pyrrole nitrogens is 1. The van der Waals surface area contributed by atoms with Crippen molar-refractivity contribution in [2.75, 3.05) is 17.7 Å². The van der Waals surface area contributed by atoms with Gasteiger partial charge in [-0.3, -0.25) is 14.6 Å². The van der Waals surface area contributed by atoms with Gasteiger partial charge in [0.2, 0.25) is 5.91 Å². The molecule has 0 aliphatic carbocycles. The predicted octanol–water partition coefficient (Wildman–Crippen LogP) is 3.13. The Morgan fingerprint density at radius 2 is 1.80 bits per heavy atom. The van der Waals surface area contributed by atoms with Crippen LogP contribution in [0.4, 0.5) is 5.69 Å². The highest BCUT2D eigenvalue weighted by molar-refractivity contribution is 7.99. The number of rotatable bonds is 8. The molecule has 154 valence electrons. The summed E-state index contributed by atoms with van der Waals surface area (Å²) in [5, 5.41) is 10.9. The third-order valence-electron chi connectivity index (χ3n) is 3.91. The fourth-order valence-corrected chi connectivity index (χ4v) is 3.07. The van der Waals surface area contributed by atoms with Gasteiger partial charge >= 0.3 is 5.97 Å². The van der Waals surface area contributed by atoms with E-state index in [9.17, 15) is 14.4 Å². The summed E-state index contributed by atoms with van der Waals surface area (Å²) < 4.78 is 5.06. The standard InChI is InChI=1S/C21H20N4O4S/c1-2-12-29-20(28)15-8-10-16(11-9-15)22-17(26)13-30-21-23-19(27)18(24-25-21)14-6-4-3-5-7-14/h3-11H,2,12-13H2,1H3,(H,22,26)(H,23,25,27). The second kappa shape index (κ2) is 10.4. The van der Waals surface area contributed by atoms with E-state index in [4.69, 9.17) is 4.74 Å². The number of ether oxygens (including phenoxy) is 1. The van der Waals surface area contributed by atoms with Gasteiger partial charge in [-0.05, 0) is 30.7 Å². The maximum absolute atomic E-state index is 12.2. The van der Waals surface area contributed by atoms with Gasteiger partial charge in [-0.25, -0.2) is 4.79 Å². The molecule has 9 heteroatoms. The van der Waals surface area contributed by atoms with E-state index in [1.54, 1.807) is 36.4 Å². The van der Waals surface area contributed by atoms with Crippen LogP contribution in [-0.4, -0.2) is 39.4 Å². The van der Waals surface area contributed by atoms with E-state index >= 15 is 0 Å². The van der Waals surface area contributed by atoms with Crippen molar-refractivity contribution in [2.24, 2.45) is 0 Å². The molecule has 2 aromatic carbocycles. The fourth-order valence-electron chi connectivity index (χ4n) is 2.47. The Morgan fingerprint density at radius 3 is 2.47 bits per heavy atom. The number of anilines is 1. The maximum atomic E-state index is 12.2. The lowest BCUT2D eigenvalue weighted by atomic mass is 10.2. The molecule has 0 unspecified atom stereocenters. The lowest BCUT2D eigenvalue weighted by Gasteiger charge is -2.07. The molecule has 0 aliphatic heterocycles. The molecule has 0 bridgehead atoms. The number of thioether (sulfide) groups is 1. The van der Waals surface area contributed by atoms with Gasteiger partial charge in [0.1, 0.15) is 0 Å². The van der Waals surface area contributed by atoms with Crippen molar-refractivity contribution in [1.29, 1.82) is 0 Å². The lowest BCUT2D eigenvalue weighted by Crippen LogP contribution is -2.17. The molecule has 0 radical (unpaired) electrons. The van der Waals surface area contributed by atoms with Gasteiger partial charge in [0.15, 0.2) is 10.9 Å². The van der Waals surface area contributed by atoms with E-state index in [1.807, 2.05) is 25.1 Å². The quantitative estimate of drug-likeness (QED) is 0.422. The summed E-state index contributed by atoms with van der Waals surface area (Å²) in [4.78, 5) is 38.8. The summed E-state index contributed by atoms with van der Waals surface area (Å²) >= 11 is 1.07. The van der Waals surface area contributed by atoms with E-state index in [0.29, 0.717) is 23.4 Å². The average molecular weight is 424 g/mol. The molecule has 2 N–H and O–H groups in total. The second-order valence-corrected chi connectivity index (χ2v) is 7.19. The van der Waals surface area contributed by atoms with Crippen LogP contribution >= 0.6 is 11.8 Å². The molecule has 0 fully saturated rings. The fraction of sp³-hybridized carbons (Fsp3) is 0.190. The van der Waals surface area contributed by atoms with Crippen LogP contribution < -0.4 is 10.9 Å². The zero-order valence-corrected chi connectivity index (χ0v) is 17.1. The smallest absolute Gasteiger partial charge is 0.338 e. The first-order valence-corrected chi connectivity index (χ1v) is 10.3. The van der Waals surface area contributed by atoms with Crippen LogP contribution in [0.15, 0.2) is 64.5 Å². The Balaban J connectivity index is 1.54. The number of aromatic amines is 1. The van der Waals surface area contributed by atoms with Gasteiger partial charge in [0.25, 0.3) is 5.56 Å². The summed E-state index contributed by atoms with van der Waals surface area (Å²) in [6.07, 6.45) is 0.752. The van der Waals surface area contributed by atoms with Gasteiger partial charge in [-0.2, -0.15) is 0 Å². The number of amides is 1. The molecule has 8 nitrogen and oxygen atoms in total. The van der Waals surface area contributed by atoms with Crippen molar-refractivity contribution in [2.45, 2.75) is 18.5 Å². The highest BCUT2D eigenvalue weighted by Crippen LogP contribution is 2.15. The molecular weight excluding hydrogens is 404 g/mol. The number of esters is 1. The molecule has 0 saturated carbocycles. The summed E-state index contributed by atoms with van der Waals surface area (Å²) in [6, 6.07) is 15.4. The highest BCUT2D eigenvalue weighted by atomic mass is 32.2. The van der Waals surface area contributed by atoms with Gasteiger partial charge in [-0.1, -0.05) is 49.0 Å². The van der Waals surface area contributed by atoms with Gasteiger partial charge in [0.05, 0.1) is 17.9 Å². The maximum Gasteiger partial charge on any atom is 0.338 e. The molecule has 1 heterocycles.